The molecule has 0 aliphatic heterocycles. The molecule has 3 rings (SSSR count). The van der Waals surface area contributed by atoms with Crippen LogP contribution in [0.25, 0.3) is 10.8 Å². The summed E-state index contributed by atoms with van der Waals surface area (Å²) in [7, 11) is 1.23. The van der Waals surface area contributed by atoms with Crippen molar-refractivity contribution in [3.05, 3.63) is 81.3 Å². The fourth-order valence-corrected chi connectivity index (χ4v) is 3.93. The second-order valence-electron chi connectivity index (χ2n) is 7.39. The fraction of sp³-hybridized carbons (Fsp3) is 0.200. The first-order valence-corrected chi connectivity index (χ1v) is 10.8. The number of esters is 1. The number of aldehydes is 1. The van der Waals surface area contributed by atoms with Gasteiger partial charge in [-0.2, -0.15) is 5.26 Å². The first-order chi connectivity index (χ1) is 15.9. The summed E-state index contributed by atoms with van der Waals surface area (Å²) in [6.07, 6.45) is 0.849. The lowest BCUT2D eigenvalue weighted by molar-refractivity contribution is -0.141. The lowest BCUT2D eigenvalue weighted by atomic mass is 9.94. The lowest BCUT2D eigenvalue weighted by Gasteiger charge is -2.27. The number of carbonyl (C=O) groups is 3. The average molecular weight is 483 g/mol. The fourth-order valence-electron chi connectivity index (χ4n) is 3.63. The van der Waals surface area contributed by atoms with Crippen LogP contribution < -0.4 is 0 Å². The molecular weight excluding hydrogens is 463 g/mol. The molecule has 1 amide bonds. The van der Waals surface area contributed by atoms with Crippen LogP contribution in [0.3, 0.4) is 0 Å². The van der Waals surface area contributed by atoms with Crippen molar-refractivity contribution in [2.75, 3.05) is 20.2 Å². The maximum absolute atomic E-state index is 13.6. The van der Waals surface area contributed by atoms with Crippen molar-refractivity contribution < 1.29 is 19.1 Å². The minimum absolute atomic E-state index is 0.0513. The SMILES string of the molecule is COC(=O)CN(C[C@@H](CC=O)c1ccc(Cl)c(Cl)c1)C(=O)c1cc(C#N)cc2ccccc12. The molecule has 168 valence electrons. The Morgan fingerprint density at radius 2 is 1.88 bits per heavy atom. The Balaban J connectivity index is 2.05. The zero-order valence-electron chi connectivity index (χ0n) is 17.8. The molecule has 0 fully saturated rings. The van der Waals surface area contributed by atoms with E-state index in [0.29, 0.717) is 26.6 Å². The topological polar surface area (TPSA) is 87.5 Å². The van der Waals surface area contributed by atoms with Gasteiger partial charge in [0.1, 0.15) is 12.8 Å². The Morgan fingerprint density at radius 1 is 1.12 bits per heavy atom. The molecule has 0 aliphatic rings. The van der Waals surface area contributed by atoms with E-state index in [1.807, 2.05) is 12.1 Å². The van der Waals surface area contributed by atoms with Crippen molar-refractivity contribution >= 4 is 52.1 Å². The minimum atomic E-state index is -0.608. The molecule has 0 saturated heterocycles. The zero-order valence-corrected chi connectivity index (χ0v) is 19.3. The number of benzene rings is 3. The van der Waals surface area contributed by atoms with Gasteiger partial charge in [-0.05, 0) is 40.6 Å². The minimum Gasteiger partial charge on any atom is -0.468 e. The molecule has 0 spiro atoms. The van der Waals surface area contributed by atoms with Gasteiger partial charge in [-0.15, -0.1) is 0 Å². The largest absolute Gasteiger partial charge is 0.468 e. The van der Waals surface area contributed by atoms with Gasteiger partial charge in [-0.3, -0.25) is 9.59 Å². The van der Waals surface area contributed by atoms with E-state index in [9.17, 15) is 19.6 Å². The van der Waals surface area contributed by atoms with E-state index in [4.69, 9.17) is 27.9 Å². The predicted octanol–water partition coefficient (Wildman–Crippen LogP) is 5.01. The van der Waals surface area contributed by atoms with Crippen LogP contribution in [0.2, 0.25) is 10.0 Å². The molecule has 0 bridgehead atoms. The molecule has 0 radical (unpaired) electrons. The normalized spacial score (nSPS) is 11.5. The average Bonchev–Trinajstić information content (AvgIpc) is 2.83. The summed E-state index contributed by atoms with van der Waals surface area (Å²) in [6, 6.07) is 17.5. The van der Waals surface area contributed by atoms with Gasteiger partial charge in [-0.1, -0.05) is 53.5 Å². The van der Waals surface area contributed by atoms with Crippen LogP contribution in [0.15, 0.2) is 54.6 Å². The second kappa shape index (κ2) is 11.0. The number of nitriles is 1. The number of rotatable bonds is 8. The Kier molecular flexibility index (Phi) is 8.05. The monoisotopic (exact) mass is 482 g/mol. The highest BCUT2D eigenvalue weighted by atomic mass is 35.5. The third-order valence-corrected chi connectivity index (χ3v) is 6.03. The van der Waals surface area contributed by atoms with Crippen LogP contribution in [0.4, 0.5) is 0 Å². The summed E-state index contributed by atoms with van der Waals surface area (Å²) in [4.78, 5) is 38.5. The van der Waals surface area contributed by atoms with Crippen LogP contribution in [0.5, 0.6) is 0 Å². The molecule has 6 nitrogen and oxygen atoms in total. The maximum Gasteiger partial charge on any atom is 0.325 e. The van der Waals surface area contributed by atoms with E-state index in [1.165, 1.54) is 18.1 Å². The van der Waals surface area contributed by atoms with E-state index in [0.717, 1.165) is 11.7 Å². The Bertz CT molecular complexity index is 1250. The van der Waals surface area contributed by atoms with Gasteiger partial charge in [0.05, 0.1) is 28.8 Å². The van der Waals surface area contributed by atoms with Crippen molar-refractivity contribution in [1.82, 2.24) is 4.90 Å². The van der Waals surface area contributed by atoms with Crippen molar-refractivity contribution in [1.29, 1.82) is 5.26 Å². The summed E-state index contributed by atoms with van der Waals surface area (Å²) >= 11 is 12.2. The van der Waals surface area contributed by atoms with E-state index in [-0.39, 0.29) is 25.1 Å². The van der Waals surface area contributed by atoms with Gasteiger partial charge >= 0.3 is 5.97 Å². The number of amides is 1. The first kappa shape index (κ1) is 24.2. The molecule has 8 heteroatoms. The highest BCUT2D eigenvalue weighted by molar-refractivity contribution is 6.42. The smallest absolute Gasteiger partial charge is 0.325 e. The van der Waals surface area contributed by atoms with Gasteiger partial charge in [0.15, 0.2) is 0 Å². The summed E-state index contributed by atoms with van der Waals surface area (Å²) in [5.41, 5.74) is 1.31. The van der Waals surface area contributed by atoms with E-state index in [2.05, 4.69) is 6.07 Å². The molecule has 33 heavy (non-hydrogen) atoms. The van der Waals surface area contributed by atoms with Crippen molar-refractivity contribution in [2.24, 2.45) is 0 Å². The number of carbonyl (C=O) groups excluding carboxylic acids is 3. The molecule has 0 aromatic heterocycles. The summed E-state index contributed by atoms with van der Waals surface area (Å²) < 4.78 is 4.79. The van der Waals surface area contributed by atoms with Crippen molar-refractivity contribution in [2.45, 2.75) is 12.3 Å². The number of ether oxygens (including phenoxy) is 1. The van der Waals surface area contributed by atoms with Crippen molar-refractivity contribution in [3.8, 4) is 6.07 Å². The van der Waals surface area contributed by atoms with Gasteiger partial charge in [0.25, 0.3) is 5.91 Å². The quantitative estimate of drug-likeness (QED) is 0.332. The van der Waals surface area contributed by atoms with E-state index in [1.54, 1.807) is 36.4 Å². The van der Waals surface area contributed by atoms with Crippen molar-refractivity contribution in [3.63, 3.8) is 0 Å². The van der Waals surface area contributed by atoms with Gasteiger partial charge in [0, 0.05) is 24.4 Å². The number of nitrogens with zero attached hydrogens (tertiary/aromatic N) is 2. The molecular formula is C25H20Cl2N2O4. The standard InChI is InChI=1S/C25H20Cl2N2O4/c1-33-24(31)15-29(14-19(8-9-30)17-6-7-22(26)23(27)12-17)25(32)21-11-16(13-28)10-18-4-2-3-5-20(18)21/h2-7,9-12,19H,8,14-15H2,1H3/t19-/m1/s1. The molecule has 0 saturated carbocycles. The molecule has 3 aromatic rings. The Hall–Kier alpha value is -3.40. The van der Waals surface area contributed by atoms with Crippen LogP contribution in [0.1, 0.15) is 33.8 Å². The summed E-state index contributed by atoms with van der Waals surface area (Å²) in [5.74, 6) is -1.50. The second-order valence-corrected chi connectivity index (χ2v) is 8.21. The van der Waals surface area contributed by atoms with Crippen LogP contribution in [-0.2, 0) is 14.3 Å². The maximum atomic E-state index is 13.6. The number of halogens is 2. The van der Waals surface area contributed by atoms with Gasteiger partial charge < -0.3 is 14.4 Å². The third kappa shape index (κ3) is 5.70. The first-order valence-electron chi connectivity index (χ1n) is 10.1. The van der Waals surface area contributed by atoms with Crippen LogP contribution >= 0.6 is 23.2 Å². The number of hydrogen-bond acceptors (Lipinski definition) is 5. The highest BCUT2D eigenvalue weighted by Gasteiger charge is 2.26. The Morgan fingerprint density at radius 3 is 2.55 bits per heavy atom. The number of hydrogen-bond donors (Lipinski definition) is 0. The van der Waals surface area contributed by atoms with E-state index >= 15 is 0 Å². The predicted molar refractivity (Wildman–Crippen MR) is 126 cm³/mol. The Labute approximate surface area is 201 Å². The zero-order chi connectivity index (χ0) is 24.0. The molecule has 0 heterocycles. The lowest BCUT2D eigenvalue weighted by Crippen LogP contribution is -2.39. The highest BCUT2D eigenvalue weighted by Crippen LogP contribution is 2.29. The van der Waals surface area contributed by atoms with Crippen LogP contribution in [-0.4, -0.2) is 43.3 Å². The molecule has 0 aliphatic carbocycles. The number of methoxy groups -OCH3 is 1. The third-order valence-electron chi connectivity index (χ3n) is 5.29. The molecule has 0 unspecified atom stereocenters. The molecule has 1 atom stereocenters. The number of fused-ring (bicyclic) bond motifs is 1. The molecule has 3 aromatic carbocycles. The van der Waals surface area contributed by atoms with Gasteiger partial charge in [-0.25, -0.2) is 0 Å². The summed E-state index contributed by atoms with van der Waals surface area (Å²) in [5, 5.41) is 11.5. The van der Waals surface area contributed by atoms with Gasteiger partial charge in [0.2, 0.25) is 0 Å². The molecule has 0 N–H and O–H groups in total. The van der Waals surface area contributed by atoms with E-state index < -0.39 is 17.8 Å². The van der Waals surface area contributed by atoms with Crippen LogP contribution in [0, 0.1) is 11.3 Å². The summed E-state index contributed by atoms with van der Waals surface area (Å²) in [6.45, 7) is -0.271.